The van der Waals surface area contributed by atoms with Gasteiger partial charge in [-0.15, -0.1) is 0 Å². The predicted molar refractivity (Wildman–Crippen MR) is 90.5 cm³/mol. The van der Waals surface area contributed by atoms with Crippen molar-refractivity contribution in [3.8, 4) is 0 Å². The molecule has 0 atom stereocenters. The van der Waals surface area contributed by atoms with Crippen molar-refractivity contribution < 1.29 is 14.7 Å². The number of hydrogen-bond acceptors (Lipinski definition) is 4. The molecule has 6 heteroatoms. The Bertz CT molecular complexity index is 580. The van der Waals surface area contributed by atoms with Crippen LogP contribution in [-0.4, -0.2) is 77.5 Å². The number of aliphatic hydroxyl groups is 1. The van der Waals surface area contributed by atoms with Crippen LogP contribution in [0.3, 0.4) is 0 Å². The molecule has 0 saturated carbocycles. The third kappa shape index (κ3) is 3.94. The Labute approximate surface area is 142 Å². The molecule has 1 N–H and O–H groups in total. The summed E-state index contributed by atoms with van der Waals surface area (Å²) in [5.74, 6) is 0.276. The van der Waals surface area contributed by atoms with Crippen LogP contribution in [0.2, 0.25) is 0 Å². The first-order chi connectivity index (χ1) is 11.7. The zero-order valence-electron chi connectivity index (χ0n) is 14.0. The van der Waals surface area contributed by atoms with Gasteiger partial charge in [-0.2, -0.15) is 0 Å². The molecule has 3 rings (SSSR count). The molecule has 1 aromatic carbocycles. The summed E-state index contributed by atoms with van der Waals surface area (Å²) in [5, 5.41) is 8.97. The van der Waals surface area contributed by atoms with Gasteiger partial charge in [-0.1, -0.05) is 12.1 Å². The van der Waals surface area contributed by atoms with Gasteiger partial charge in [0.15, 0.2) is 0 Å². The van der Waals surface area contributed by atoms with Crippen LogP contribution < -0.4 is 0 Å². The largest absolute Gasteiger partial charge is 0.395 e. The number of β-amino-alcohol motifs (C(OH)–C–C–N with tert-alkyl or cyclic N) is 1. The third-order valence-corrected chi connectivity index (χ3v) is 4.82. The number of hydrogen-bond donors (Lipinski definition) is 1. The molecule has 0 bridgehead atoms. The minimum Gasteiger partial charge on any atom is -0.395 e. The molecule has 2 amide bonds. The fourth-order valence-corrected chi connectivity index (χ4v) is 3.34. The lowest BCUT2D eigenvalue weighted by Gasteiger charge is -2.34. The second-order valence-electron chi connectivity index (χ2n) is 6.47. The van der Waals surface area contributed by atoms with E-state index in [1.165, 1.54) is 0 Å². The van der Waals surface area contributed by atoms with E-state index in [0.717, 1.165) is 31.6 Å². The van der Waals surface area contributed by atoms with Crippen molar-refractivity contribution in [3.05, 3.63) is 35.4 Å². The molecular weight excluding hydrogens is 306 g/mol. The fraction of sp³-hybridized carbons (Fsp3) is 0.556. The van der Waals surface area contributed by atoms with Gasteiger partial charge < -0.3 is 14.9 Å². The van der Waals surface area contributed by atoms with Crippen LogP contribution in [0, 0.1) is 0 Å². The molecule has 1 aromatic rings. The maximum absolute atomic E-state index is 12.6. The Morgan fingerprint density at radius 1 is 1.04 bits per heavy atom. The highest BCUT2D eigenvalue weighted by Crippen LogP contribution is 2.16. The number of aliphatic hydroxyl groups excluding tert-OH is 1. The van der Waals surface area contributed by atoms with Gasteiger partial charge in [0.25, 0.3) is 5.91 Å². The average molecular weight is 331 g/mol. The molecule has 2 aliphatic heterocycles. The zero-order chi connectivity index (χ0) is 16.9. The first-order valence-corrected chi connectivity index (χ1v) is 8.66. The minimum atomic E-state index is 0.0578. The van der Waals surface area contributed by atoms with E-state index in [2.05, 4.69) is 4.90 Å². The molecule has 6 nitrogen and oxygen atoms in total. The van der Waals surface area contributed by atoms with Crippen LogP contribution in [0.25, 0.3) is 0 Å². The summed E-state index contributed by atoms with van der Waals surface area (Å²) in [6.45, 7) is 5.31. The van der Waals surface area contributed by atoms with Crippen molar-refractivity contribution in [1.29, 1.82) is 0 Å². The Balaban J connectivity index is 1.55. The molecule has 0 aromatic heterocycles. The molecule has 2 fully saturated rings. The standard InChI is InChI=1S/C18H25N3O3/c22-13-12-19-8-10-20(11-9-19)18(24)16-5-3-15(4-6-16)14-21-7-1-2-17(21)23/h3-6,22H,1-2,7-14H2. The van der Waals surface area contributed by atoms with Crippen molar-refractivity contribution in [1.82, 2.24) is 14.7 Å². The predicted octanol–water partition coefficient (Wildman–Crippen LogP) is 0.559. The molecule has 0 spiro atoms. The van der Waals surface area contributed by atoms with Crippen LogP contribution in [0.5, 0.6) is 0 Å². The molecule has 130 valence electrons. The monoisotopic (exact) mass is 331 g/mol. The summed E-state index contributed by atoms with van der Waals surface area (Å²) < 4.78 is 0. The summed E-state index contributed by atoms with van der Waals surface area (Å²) in [7, 11) is 0. The van der Waals surface area contributed by atoms with Crippen molar-refractivity contribution >= 4 is 11.8 Å². The summed E-state index contributed by atoms with van der Waals surface area (Å²) in [6.07, 6.45) is 1.59. The Hall–Kier alpha value is -1.92. The smallest absolute Gasteiger partial charge is 0.253 e. The van der Waals surface area contributed by atoms with Gasteiger partial charge in [-0.3, -0.25) is 14.5 Å². The van der Waals surface area contributed by atoms with Gasteiger partial charge in [0.2, 0.25) is 5.91 Å². The number of rotatable bonds is 5. The van der Waals surface area contributed by atoms with Crippen molar-refractivity contribution in [2.75, 3.05) is 45.9 Å². The van der Waals surface area contributed by atoms with Crippen molar-refractivity contribution in [2.45, 2.75) is 19.4 Å². The Kier molecular flexibility index (Phi) is 5.48. The van der Waals surface area contributed by atoms with E-state index in [0.29, 0.717) is 38.2 Å². The van der Waals surface area contributed by atoms with Gasteiger partial charge >= 0.3 is 0 Å². The fourth-order valence-electron chi connectivity index (χ4n) is 3.34. The highest BCUT2D eigenvalue weighted by atomic mass is 16.3. The summed E-state index contributed by atoms with van der Waals surface area (Å²) in [6, 6.07) is 7.61. The van der Waals surface area contributed by atoms with E-state index in [1.807, 2.05) is 34.1 Å². The highest BCUT2D eigenvalue weighted by molar-refractivity contribution is 5.94. The molecule has 0 unspecified atom stereocenters. The van der Waals surface area contributed by atoms with E-state index in [9.17, 15) is 9.59 Å². The Morgan fingerprint density at radius 3 is 2.33 bits per heavy atom. The van der Waals surface area contributed by atoms with Crippen LogP contribution in [0.1, 0.15) is 28.8 Å². The highest BCUT2D eigenvalue weighted by Gasteiger charge is 2.22. The van der Waals surface area contributed by atoms with E-state index in [1.54, 1.807) is 0 Å². The van der Waals surface area contributed by atoms with Gasteiger partial charge in [0.1, 0.15) is 0 Å². The molecule has 0 aliphatic carbocycles. The van der Waals surface area contributed by atoms with Crippen LogP contribution >= 0.6 is 0 Å². The number of carbonyl (C=O) groups excluding carboxylic acids is 2. The third-order valence-electron chi connectivity index (χ3n) is 4.82. The van der Waals surface area contributed by atoms with Crippen molar-refractivity contribution in [3.63, 3.8) is 0 Å². The van der Waals surface area contributed by atoms with Gasteiger partial charge in [-0.05, 0) is 24.1 Å². The quantitative estimate of drug-likeness (QED) is 0.856. The summed E-state index contributed by atoms with van der Waals surface area (Å²) in [4.78, 5) is 30.2. The normalized spacial score (nSPS) is 19.1. The maximum Gasteiger partial charge on any atom is 0.253 e. The number of benzene rings is 1. The summed E-state index contributed by atoms with van der Waals surface area (Å²) in [5.41, 5.74) is 1.76. The first-order valence-electron chi connectivity index (χ1n) is 8.66. The molecule has 2 saturated heterocycles. The van der Waals surface area contributed by atoms with E-state index >= 15 is 0 Å². The average Bonchev–Trinajstić information content (AvgIpc) is 3.01. The van der Waals surface area contributed by atoms with Crippen molar-refractivity contribution in [2.24, 2.45) is 0 Å². The molecule has 2 heterocycles. The lowest BCUT2D eigenvalue weighted by molar-refractivity contribution is -0.128. The number of nitrogens with zero attached hydrogens (tertiary/aromatic N) is 3. The van der Waals surface area contributed by atoms with Crippen LogP contribution in [-0.2, 0) is 11.3 Å². The minimum absolute atomic E-state index is 0.0578. The molecule has 0 radical (unpaired) electrons. The number of carbonyl (C=O) groups is 2. The maximum atomic E-state index is 12.6. The first kappa shape index (κ1) is 16.9. The number of likely N-dealkylation sites (tertiary alicyclic amines) is 1. The van der Waals surface area contributed by atoms with Gasteiger partial charge in [0.05, 0.1) is 6.61 Å². The van der Waals surface area contributed by atoms with Crippen LogP contribution in [0.15, 0.2) is 24.3 Å². The molecule has 24 heavy (non-hydrogen) atoms. The van der Waals surface area contributed by atoms with Gasteiger partial charge in [-0.25, -0.2) is 0 Å². The SMILES string of the molecule is O=C1CCCN1Cc1ccc(C(=O)N2CCN(CCO)CC2)cc1. The second-order valence-corrected chi connectivity index (χ2v) is 6.47. The topological polar surface area (TPSA) is 64.1 Å². The summed E-state index contributed by atoms with van der Waals surface area (Å²) >= 11 is 0. The molecular formula is C18H25N3O3. The van der Waals surface area contributed by atoms with E-state index in [-0.39, 0.29) is 18.4 Å². The lowest BCUT2D eigenvalue weighted by Crippen LogP contribution is -2.49. The van der Waals surface area contributed by atoms with Crippen LogP contribution in [0.4, 0.5) is 0 Å². The second kappa shape index (κ2) is 7.77. The van der Waals surface area contributed by atoms with E-state index < -0.39 is 0 Å². The van der Waals surface area contributed by atoms with E-state index in [4.69, 9.17) is 5.11 Å². The number of amides is 2. The Morgan fingerprint density at radius 2 is 1.75 bits per heavy atom. The lowest BCUT2D eigenvalue weighted by atomic mass is 10.1. The number of piperazine rings is 1. The molecule has 2 aliphatic rings. The van der Waals surface area contributed by atoms with Gasteiger partial charge in [0, 0.05) is 57.8 Å². The zero-order valence-corrected chi connectivity index (χ0v) is 14.0.